The lowest BCUT2D eigenvalue weighted by atomic mass is 9.96. The number of hydrogen-bond acceptors (Lipinski definition) is 3. The first-order valence-electron chi connectivity index (χ1n) is 10.6. The van der Waals surface area contributed by atoms with Crippen molar-refractivity contribution in [3.63, 3.8) is 0 Å². The summed E-state index contributed by atoms with van der Waals surface area (Å²) >= 11 is 0. The average molecular weight is 518 g/mol. The smallest absolute Gasteiger partial charge is 0.191 e. The van der Waals surface area contributed by atoms with E-state index >= 15 is 0 Å². The first kappa shape index (κ1) is 24.3. The Balaban J connectivity index is 0.00000300. The Morgan fingerprint density at radius 1 is 1.31 bits per heavy atom. The van der Waals surface area contributed by atoms with Crippen molar-refractivity contribution in [2.24, 2.45) is 4.99 Å². The van der Waals surface area contributed by atoms with E-state index in [4.69, 9.17) is 4.74 Å². The molecule has 1 saturated carbocycles. The van der Waals surface area contributed by atoms with Crippen molar-refractivity contribution >= 4 is 29.9 Å². The molecule has 2 N–H and O–H groups in total. The molecule has 164 valence electrons. The molecule has 1 aromatic carbocycles. The van der Waals surface area contributed by atoms with Gasteiger partial charge in [-0.15, -0.1) is 24.0 Å². The van der Waals surface area contributed by atoms with Crippen LogP contribution in [0.2, 0.25) is 0 Å². The average Bonchev–Trinajstić information content (AvgIpc) is 3.47. The molecule has 0 atom stereocenters. The Morgan fingerprint density at radius 2 is 2.03 bits per heavy atom. The Morgan fingerprint density at radius 3 is 2.62 bits per heavy atom. The number of piperidine rings is 1. The van der Waals surface area contributed by atoms with Crippen LogP contribution in [0.25, 0.3) is 0 Å². The van der Waals surface area contributed by atoms with Gasteiger partial charge in [0.1, 0.15) is 5.82 Å². The maximum absolute atomic E-state index is 13.6. The van der Waals surface area contributed by atoms with Crippen LogP contribution < -0.4 is 10.6 Å². The van der Waals surface area contributed by atoms with Crippen molar-refractivity contribution in [1.29, 1.82) is 0 Å². The molecule has 0 aromatic heterocycles. The van der Waals surface area contributed by atoms with Gasteiger partial charge < -0.3 is 20.3 Å². The zero-order chi connectivity index (χ0) is 20.0. The number of benzene rings is 1. The van der Waals surface area contributed by atoms with Gasteiger partial charge in [-0.3, -0.25) is 4.99 Å². The normalized spacial score (nSPS) is 19.7. The molecule has 1 aliphatic heterocycles. The lowest BCUT2D eigenvalue weighted by Gasteiger charge is -2.33. The second-order valence-electron chi connectivity index (χ2n) is 8.40. The molecule has 29 heavy (non-hydrogen) atoms. The molecule has 0 spiro atoms. The molecule has 0 bridgehead atoms. The molecule has 0 unspecified atom stereocenters. The maximum Gasteiger partial charge on any atom is 0.191 e. The van der Waals surface area contributed by atoms with Crippen LogP contribution in [0.5, 0.6) is 0 Å². The van der Waals surface area contributed by atoms with Gasteiger partial charge in [0.15, 0.2) is 5.96 Å². The molecule has 1 saturated heterocycles. The van der Waals surface area contributed by atoms with Gasteiger partial charge in [-0.25, -0.2) is 4.39 Å². The number of likely N-dealkylation sites (tertiary alicyclic amines) is 1. The minimum Gasteiger partial charge on any atom is -0.377 e. The largest absolute Gasteiger partial charge is 0.377 e. The molecule has 2 fully saturated rings. The van der Waals surface area contributed by atoms with Crippen molar-refractivity contribution in [3.05, 3.63) is 35.6 Å². The van der Waals surface area contributed by atoms with E-state index in [0.29, 0.717) is 12.1 Å². The molecule has 1 heterocycles. The van der Waals surface area contributed by atoms with Crippen molar-refractivity contribution < 1.29 is 9.13 Å². The minimum atomic E-state index is -0.156. The monoisotopic (exact) mass is 518 g/mol. The predicted molar refractivity (Wildman–Crippen MR) is 128 cm³/mol. The number of hydrogen-bond donors (Lipinski definition) is 2. The van der Waals surface area contributed by atoms with Crippen LogP contribution in [0.4, 0.5) is 4.39 Å². The summed E-state index contributed by atoms with van der Waals surface area (Å²) in [5.74, 6) is 0.695. The summed E-state index contributed by atoms with van der Waals surface area (Å²) in [6.07, 6.45) is 4.71. The molecular weight excluding hydrogens is 482 g/mol. The second-order valence-corrected chi connectivity index (χ2v) is 8.40. The number of ether oxygens (including phenoxy) is 1. The number of nitrogens with one attached hydrogen (secondary N) is 2. The number of halogens is 2. The zero-order valence-corrected chi connectivity index (χ0v) is 20.2. The zero-order valence-electron chi connectivity index (χ0n) is 17.9. The molecular formula is C22H36FIN4O. The highest BCUT2D eigenvalue weighted by molar-refractivity contribution is 14.0. The summed E-state index contributed by atoms with van der Waals surface area (Å²) in [4.78, 5) is 6.87. The third-order valence-electron chi connectivity index (χ3n) is 5.90. The molecule has 0 radical (unpaired) electrons. The Labute approximate surface area is 191 Å². The van der Waals surface area contributed by atoms with Crippen LogP contribution in [0.15, 0.2) is 29.3 Å². The Bertz CT molecular complexity index is 658. The van der Waals surface area contributed by atoms with E-state index in [0.717, 1.165) is 70.0 Å². The maximum atomic E-state index is 13.6. The standard InChI is InChI=1S/C22H35FN4O.HI/c1-17(2)28-14-13-27-11-7-20(8-12-27)26-21(24-3)25-16-22(9-10-22)18-5-4-6-19(23)15-18;/h4-6,15,17,20H,7-14,16H2,1-3H3,(H2,24,25,26);1H. The van der Waals surface area contributed by atoms with E-state index in [1.54, 1.807) is 12.1 Å². The molecule has 3 rings (SSSR count). The van der Waals surface area contributed by atoms with Crippen LogP contribution in [0.1, 0.15) is 45.1 Å². The minimum absolute atomic E-state index is 0. The fraction of sp³-hybridized carbons (Fsp3) is 0.682. The molecule has 5 nitrogen and oxygen atoms in total. The number of nitrogens with zero attached hydrogens (tertiary/aromatic N) is 2. The lowest BCUT2D eigenvalue weighted by Crippen LogP contribution is -2.50. The van der Waals surface area contributed by atoms with E-state index in [1.807, 2.05) is 13.1 Å². The molecule has 2 aliphatic rings. The van der Waals surface area contributed by atoms with Crippen LogP contribution in [0, 0.1) is 5.82 Å². The van der Waals surface area contributed by atoms with Gasteiger partial charge in [-0.2, -0.15) is 0 Å². The van der Waals surface area contributed by atoms with Crippen molar-refractivity contribution in [2.45, 2.75) is 57.1 Å². The molecule has 1 aromatic rings. The highest BCUT2D eigenvalue weighted by Gasteiger charge is 2.44. The molecule has 1 aliphatic carbocycles. The van der Waals surface area contributed by atoms with Gasteiger partial charge in [0, 0.05) is 44.7 Å². The summed E-state index contributed by atoms with van der Waals surface area (Å²) in [6.45, 7) is 8.94. The van der Waals surface area contributed by atoms with Gasteiger partial charge in [0.2, 0.25) is 0 Å². The summed E-state index contributed by atoms with van der Waals surface area (Å²) in [5, 5.41) is 7.05. The van der Waals surface area contributed by atoms with E-state index in [1.165, 1.54) is 6.07 Å². The number of aliphatic imine (C=N–C) groups is 1. The number of rotatable bonds is 8. The highest BCUT2D eigenvalue weighted by Crippen LogP contribution is 2.47. The van der Waals surface area contributed by atoms with Crippen LogP contribution >= 0.6 is 24.0 Å². The Kier molecular flexibility index (Phi) is 9.62. The summed E-state index contributed by atoms with van der Waals surface area (Å²) < 4.78 is 19.2. The summed E-state index contributed by atoms with van der Waals surface area (Å²) in [6, 6.07) is 7.46. The van der Waals surface area contributed by atoms with E-state index < -0.39 is 0 Å². The quantitative estimate of drug-likeness (QED) is 0.314. The summed E-state index contributed by atoms with van der Waals surface area (Å²) in [7, 11) is 1.81. The topological polar surface area (TPSA) is 48.9 Å². The fourth-order valence-electron chi connectivity index (χ4n) is 3.90. The fourth-order valence-corrected chi connectivity index (χ4v) is 3.90. The van der Waals surface area contributed by atoms with Crippen LogP contribution in [-0.2, 0) is 10.2 Å². The summed E-state index contributed by atoms with van der Waals surface area (Å²) in [5.41, 5.74) is 1.15. The Hall–Kier alpha value is -0.930. The first-order chi connectivity index (χ1) is 13.5. The van der Waals surface area contributed by atoms with Crippen LogP contribution in [0.3, 0.4) is 0 Å². The second kappa shape index (κ2) is 11.5. The number of guanidine groups is 1. The van der Waals surface area contributed by atoms with Gasteiger partial charge >= 0.3 is 0 Å². The van der Waals surface area contributed by atoms with Crippen molar-refractivity contribution in [1.82, 2.24) is 15.5 Å². The van der Waals surface area contributed by atoms with Crippen molar-refractivity contribution in [3.8, 4) is 0 Å². The van der Waals surface area contributed by atoms with Gasteiger partial charge in [0.05, 0.1) is 12.7 Å². The van der Waals surface area contributed by atoms with E-state index in [-0.39, 0.29) is 35.2 Å². The third-order valence-corrected chi connectivity index (χ3v) is 5.90. The van der Waals surface area contributed by atoms with Crippen molar-refractivity contribution in [2.75, 3.05) is 39.8 Å². The molecule has 0 amide bonds. The predicted octanol–water partition coefficient (Wildman–Crippen LogP) is 3.53. The lowest BCUT2D eigenvalue weighted by molar-refractivity contribution is 0.0532. The first-order valence-corrected chi connectivity index (χ1v) is 10.6. The highest BCUT2D eigenvalue weighted by atomic mass is 127. The molecule has 7 heteroatoms. The van der Waals surface area contributed by atoms with Gasteiger partial charge in [0.25, 0.3) is 0 Å². The van der Waals surface area contributed by atoms with E-state index in [2.05, 4.69) is 34.4 Å². The van der Waals surface area contributed by atoms with Gasteiger partial charge in [-0.05, 0) is 57.2 Å². The van der Waals surface area contributed by atoms with Gasteiger partial charge in [-0.1, -0.05) is 12.1 Å². The van der Waals surface area contributed by atoms with E-state index in [9.17, 15) is 4.39 Å². The van der Waals surface area contributed by atoms with Crippen LogP contribution in [-0.4, -0.2) is 62.8 Å². The SMILES string of the molecule is CN=C(NCC1(c2cccc(F)c2)CC1)NC1CCN(CCOC(C)C)CC1.I. The third kappa shape index (κ3) is 7.36.